The standard InChI is InChI=1S/C19H23F4NO3/c1-18(2,3)27-17(26)24-9-5-4-6-15(24)16(25)11-12-7-8-13(14(20)10-12)19(21,22)23/h7-8,10,15H,4-6,9,11H2,1-3H3/t15-/m0/s1. The molecule has 0 N–H and O–H groups in total. The number of rotatable bonds is 3. The fourth-order valence-electron chi connectivity index (χ4n) is 3.02. The van der Waals surface area contributed by atoms with E-state index >= 15 is 0 Å². The minimum absolute atomic E-state index is 0.139. The third-order valence-electron chi connectivity index (χ3n) is 4.22. The number of carbonyl (C=O) groups excluding carboxylic acids is 2. The molecule has 0 spiro atoms. The van der Waals surface area contributed by atoms with Crippen molar-refractivity contribution < 1.29 is 31.9 Å². The van der Waals surface area contributed by atoms with Gasteiger partial charge in [0.05, 0.1) is 11.6 Å². The normalized spacial score (nSPS) is 18.3. The van der Waals surface area contributed by atoms with E-state index in [1.165, 1.54) is 4.90 Å². The van der Waals surface area contributed by atoms with E-state index in [1.807, 2.05) is 0 Å². The highest BCUT2D eigenvalue weighted by Crippen LogP contribution is 2.32. The topological polar surface area (TPSA) is 46.6 Å². The molecule has 2 rings (SSSR count). The first-order valence-electron chi connectivity index (χ1n) is 8.76. The van der Waals surface area contributed by atoms with Crippen molar-refractivity contribution in [1.82, 2.24) is 4.90 Å². The molecule has 0 aromatic heterocycles. The zero-order chi connectivity index (χ0) is 20.4. The van der Waals surface area contributed by atoms with Gasteiger partial charge in [-0.25, -0.2) is 9.18 Å². The van der Waals surface area contributed by atoms with Gasteiger partial charge in [-0.15, -0.1) is 0 Å². The van der Waals surface area contributed by atoms with Crippen molar-refractivity contribution in [2.45, 2.75) is 64.3 Å². The summed E-state index contributed by atoms with van der Waals surface area (Å²) in [5.41, 5.74) is -1.94. The van der Waals surface area contributed by atoms with Crippen molar-refractivity contribution in [3.8, 4) is 0 Å². The molecule has 1 fully saturated rings. The summed E-state index contributed by atoms with van der Waals surface area (Å²) in [5.74, 6) is -1.76. The molecule has 27 heavy (non-hydrogen) atoms. The summed E-state index contributed by atoms with van der Waals surface area (Å²) in [6.07, 6.45) is -3.71. The van der Waals surface area contributed by atoms with Crippen LogP contribution in [-0.2, 0) is 22.1 Å². The molecule has 0 unspecified atom stereocenters. The number of halogens is 4. The van der Waals surface area contributed by atoms with Crippen LogP contribution < -0.4 is 0 Å². The van der Waals surface area contributed by atoms with Crippen molar-refractivity contribution in [2.24, 2.45) is 0 Å². The number of Topliss-reactive ketones (excluding diaryl/α,β-unsaturated/α-hetero) is 1. The zero-order valence-corrected chi connectivity index (χ0v) is 15.5. The number of benzene rings is 1. The van der Waals surface area contributed by atoms with Crippen molar-refractivity contribution in [2.75, 3.05) is 6.54 Å². The highest BCUT2D eigenvalue weighted by atomic mass is 19.4. The first-order valence-corrected chi connectivity index (χ1v) is 8.76. The Bertz CT molecular complexity index is 710. The second-order valence-electron chi connectivity index (χ2n) is 7.64. The van der Waals surface area contributed by atoms with Crippen LogP contribution in [0.2, 0.25) is 0 Å². The Morgan fingerprint density at radius 2 is 1.85 bits per heavy atom. The third kappa shape index (κ3) is 5.68. The SMILES string of the molecule is CC(C)(C)OC(=O)N1CCCC[C@H]1C(=O)Cc1ccc(C(F)(F)F)c(F)c1. The Morgan fingerprint density at radius 3 is 2.41 bits per heavy atom. The quantitative estimate of drug-likeness (QED) is 0.701. The van der Waals surface area contributed by atoms with Crippen molar-refractivity contribution in [3.05, 3.63) is 35.1 Å². The Labute approximate surface area is 155 Å². The van der Waals surface area contributed by atoms with Crippen molar-refractivity contribution in [3.63, 3.8) is 0 Å². The van der Waals surface area contributed by atoms with Crippen LogP contribution in [0.25, 0.3) is 0 Å². The highest BCUT2D eigenvalue weighted by molar-refractivity contribution is 5.89. The molecule has 8 heteroatoms. The number of hydrogen-bond acceptors (Lipinski definition) is 3. The lowest BCUT2D eigenvalue weighted by Crippen LogP contribution is -2.50. The molecule has 1 saturated heterocycles. The van der Waals surface area contributed by atoms with E-state index in [9.17, 15) is 27.2 Å². The summed E-state index contributed by atoms with van der Waals surface area (Å²) >= 11 is 0. The van der Waals surface area contributed by atoms with Gasteiger partial charge >= 0.3 is 12.3 Å². The zero-order valence-electron chi connectivity index (χ0n) is 15.5. The molecule has 0 bridgehead atoms. The van der Waals surface area contributed by atoms with Gasteiger partial charge in [0.15, 0.2) is 5.78 Å². The van der Waals surface area contributed by atoms with Crippen LogP contribution in [0.5, 0.6) is 0 Å². The van der Waals surface area contributed by atoms with Crippen LogP contribution in [-0.4, -0.2) is 35.0 Å². The number of hydrogen-bond donors (Lipinski definition) is 0. The summed E-state index contributed by atoms with van der Waals surface area (Å²) < 4.78 is 57.0. The molecular formula is C19H23F4NO3. The van der Waals surface area contributed by atoms with Gasteiger partial charge in [-0.3, -0.25) is 9.69 Å². The van der Waals surface area contributed by atoms with E-state index in [-0.39, 0.29) is 17.8 Å². The van der Waals surface area contributed by atoms with Crippen molar-refractivity contribution >= 4 is 11.9 Å². The smallest absolute Gasteiger partial charge is 0.419 e. The van der Waals surface area contributed by atoms with E-state index < -0.39 is 35.3 Å². The van der Waals surface area contributed by atoms with Crippen LogP contribution in [0.4, 0.5) is 22.4 Å². The number of ether oxygens (including phenoxy) is 1. The van der Waals surface area contributed by atoms with Gasteiger partial charge in [0, 0.05) is 13.0 Å². The third-order valence-corrected chi connectivity index (χ3v) is 4.22. The van der Waals surface area contributed by atoms with Gasteiger partial charge in [0.25, 0.3) is 0 Å². The van der Waals surface area contributed by atoms with Crippen LogP contribution in [0.3, 0.4) is 0 Å². The van der Waals surface area contributed by atoms with E-state index in [0.717, 1.165) is 25.0 Å². The number of likely N-dealkylation sites (tertiary alicyclic amines) is 1. The molecule has 0 aliphatic carbocycles. The average molecular weight is 389 g/mol. The molecule has 1 aliphatic heterocycles. The molecule has 150 valence electrons. The van der Waals surface area contributed by atoms with E-state index in [1.54, 1.807) is 20.8 Å². The Balaban J connectivity index is 2.13. The first kappa shape index (κ1) is 21.2. The van der Waals surface area contributed by atoms with Gasteiger partial charge in [-0.1, -0.05) is 6.07 Å². The van der Waals surface area contributed by atoms with E-state index in [2.05, 4.69) is 0 Å². The maximum atomic E-state index is 13.7. The number of carbonyl (C=O) groups is 2. The van der Waals surface area contributed by atoms with Crippen LogP contribution >= 0.6 is 0 Å². The molecule has 1 atom stereocenters. The second-order valence-corrected chi connectivity index (χ2v) is 7.64. The number of amides is 1. The van der Waals surface area contributed by atoms with Gasteiger partial charge in [-0.2, -0.15) is 13.2 Å². The number of piperidine rings is 1. The first-order chi connectivity index (χ1) is 12.4. The summed E-state index contributed by atoms with van der Waals surface area (Å²) in [6, 6.07) is 1.72. The van der Waals surface area contributed by atoms with Gasteiger partial charge in [-0.05, 0) is 57.7 Å². The number of nitrogens with zero attached hydrogens (tertiary/aromatic N) is 1. The maximum absolute atomic E-state index is 13.7. The summed E-state index contributed by atoms with van der Waals surface area (Å²) in [4.78, 5) is 26.4. The molecule has 0 saturated carbocycles. The molecule has 4 nitrogen and oxygen atoms in total. The maximum Gasteiger partial charge on any atom is 0.419 e. The Kier molecular flexibility index (Phi) is 6.17. The molecular weight excluding hydrogens is 366 g/mol. The minimum atomic E-state index is -4.79. The monoisotopic (exact) mass is 389 g/mol. The molecule has 0 radical (unpaired) electrons. The fraction of sp³-hybridized carbons (Fsp3) is 0.579. The molecule has 1 amide bonds. The highest BCUT2D eigenvalue weighted by Gasteiger charge is 2.36. The molecule has 1 aromatic rings. The predicted molar refractivity (Wildman–Crippen MR) is 90.7 cm³/mol. The number of alkyl halides is 3. The van der Waals surface area contributed by atoms with Gasteiger partial charge in [0.1, 0.15) is 11.4 Å². The minimum Gasteiger partial charge on any atom is -0.444 e. The second kappa shape index (κ2) is 7.86. The lowest BCUT2D eigenvalue weighted by atomic mass is 9.94. The van der Waals surface area contributed by atoms with Crippen LogP contribution in [0.15, 0.2) is 18.2 Å². The summed E-state index contributed by atoms with van der Waals surface area (Å²) in [5, 5.41) is 0. The largest absolute Gasteiger partial charge is 0.444 e. The van der Waals surface area contributed by atoms with Crippen LogP contribution in [0.1, 0.15) is 51.2 Å². The van der Waals surface area contributed by atoms with Crippen LogP contribution in [0, 0.1) is 5.82 Å². The molecule has 1 aliphatic rings. The predicted octanol–water partition coefficient (Wildman–Crippen LogP) is 4.75. The van der Waals surface area contributed by atoms with Gasteiger partial charge < -0.3 is 4.74 Å². The van der Waals surface area contributed by atoms with E-state index in [4.69, 9.17) is 4.74 Å². The number of ketones is 1. The Hall–Kier alpha value is -2.12. The molecule has 1 heterocycles. The Morgan fingerprint density at radius 1 is 1.19 bits per heavy atom. The summed E-state index contributed by atoms with van der Waals surface area (Å²) in [6.45, 7) is 5.52. The summed E-state index contributed by atoms with van der Waals surface area (Å²) in [7, 11) is 0. The lowest BCUT2D eigenvalue weighted by molar-refractivity contribution is -0.140. The van der Waals surface area contributed by atoms with Crippen molar-refractivity contribution in [1.29, 1.82) is 0 Å². The lowest BCUT2D eigenvalue weighted by Gasteiger charge is -2.36. The fourth-order valence-corrected chi connectivity index (χ4v) is 3.02. The molecule has 1 aromatic carbocycles. The van der Waals surface area contributed by atoms with E-state index in [0.29, 0.717) is 19.0 Å². The van der Waals surface area contributed by atoms with Gasteiger partial charge in [0.2, 0.25) is 0 Å². The average Bonchev–Trinajstić information content (AvgIpc) is 2.52.